The number of carbonyl (C=O) groups is 1. The van der Waals surface area contributed by atoms with E-state index in [4.69, 9.17) is 0 Å². The first kappa shape index (κ1) is 16.4. The fourth-order valence-electron chi connectivity index (χ4n) is 2.80. The predicted octanol–water partition coefficient (Wildman–Crippen LogP) is 1.34. The topological polar surface area (TPSA) is 74.5 Å². The molecule has 1 aromatic heterocycles. The summed E-state index contributed by atoms with van der Waals surface area (Å²) in [6.45, 7) is 2.90. The van der Waals surface area contributed by atoms with Crippen LogP contribution in [0.5, 0.6) is 0 Å². The van der Waals surface area contributed by atoms with Gasteiger partial charge in [0.25, 0.3) is 0 Å². The van der Waals surface area contributed by atoms with Gasteiger partial charge in [0.1, 0.15) is 18.1 Å². The molecule has 1 N–H and O–H groups in total. The summed E-state index contributed by atoms with van der Waals surface area (Å²) in [5, 5.41) is 17.2. The fourth-order valence-corrected chi connectivity index (χ4v) is 2.80. The van der Waals surface area contributed by atoms with Gasteiger partial charge in [0.05, 0.1) is 23.7 Å². The Balaban J connectivity index is 1.85. The summed E-state index contributed by atoms with van der Waals surface area (Å²) in [7, 11) is 1.89. The molecule has 0 saturated heterocycles. The monoisotopic (exact) mass is 333 g/mol. The number of carbonyl (C=O) groups excluding carboxylic acids is 1. The number of aromatic nitrogens is 3. The van der Waals surface area contributed by atoms with E-state index in [0.717, 1.165) is 13.0 Å². The highest BCUT2D eigenvalue weighted by Gasteiger charge is 2.24. The molecule has 1 aliphatic rings. The lowest BCUT2D eigenvalue weighted by atomic mass is 10.2. The second-order valence-corrected chi connectivity index (χ2v) is 5.97. The van der Waals surface area contributed by atoms with Crippen molar-refractivity contribution in [2.24, 2.45) is 0 Å². The molecule has 1 aliphatic heterocycles. The molecule has 0 aliphatic carbocycles. The van der Waals surface area contributed by atoms with E-state index in [1.807, 2.05) is 11.9 Å². The van der Waals surface area contributed by atoms with Crippen LogP contribution in [-0.4, -0.2) is 46.1 Å². The number of benzene rings is 1. The number of nitrogens with zero attached hydrogens (tertiary/aromatic N) is 5. The van der Waals surface area contributed by atoms with E-state index in [0.29, 0.717) is 23.6 Å². The van der Waals surface area contributed by atoms with Crippen molar-refractivity contribution in [2.75, 3.05) is 29.9 Å². The molecule has 1 unspecified atom stereocenters. The minimum Gasteiger partial charge on any atom is -0.387 e. The Hall–Kier alpha value is -2.48. The summed E-state index contributed by atoms with van der Waals surface area (Å²) in [4.78, 5) is 16.3. The summed E-state index contributed by atoms with van der Waals surface area (Å²) in [6, 6.07) is 4.44. The number of halogens is 1. The van der Waals surface area contributed by atoms with Gasteiger partial charge >= 0.3 is 0 Å². The van der Waals surface area contributed by atoms with Crippen LogP contribution in [0.15, 0.2) is 24.4 Å². The van der Waals surface area contributed by atoms with Crippen LogP contribution >= 0.6 is 0 Å². The third-order valence-corrected chi connectivity index (χ3v) is 4.10. The fraction of sp³-hybridized carbons (Fsp3) is 0.438. The summed E-state index contributed by atoms with van der Waals surface area (Å²) in [5.41, 5.74) is 1.81. The number of aliphatic hydroxyl groups is 1. The third-order valence-electron chi connectivity index (χ3n) is 4.10. The zero-order valence-electron chi connectivity index (χ0n) is 13.7. The molecule has 0 fully saturated rings. The van der Waals surface area contributed by atoms with Crippen molar-refractivity contribution >= 4 is 17.3 Å². The lowest BCUT2D eigenvalue weighted by Gasteiger charge is -2.24. The summed E-state index contributed by atoms with van der Waals surface area (Å²) >= 11 is 0. The van der Waals surface area contributed by atoms with Gasteiger partial charge in [0.2, 0.25) is 5.91 Å². The zero-order chi connectivity index (χ0) is 17.3. The second-order valence-electron chi connectivity index (χ2n) is 5.97. The molecule has 3 rings (SSSR count). The molecule has 8 heteroatoms. The molecule has 0 radical (unpaired) electrons. The lowest BCUT2D eigenvalue weighted by molar-refractivity contribution is -0.119. The third kappa shape index (κ3) is 3.23. The molecule has 7 nitrogen and oxygen atoms in total. The summed E-state index contributed by atoms with van der Waals surface area (Å²) in [6.07, 6.45) is 1.61. The maximum Gasteiger partial charge on any atom is 0.248 e. The van der Waals surface area contributed by atoms with Crippen LogP contribution in [-0.2, 0) is 11.3 Å². The molecule has 1 amide bonds. The smallest absolute Gasteiger partial charge is 0.248 e. The number of amides is 1. The normalized spacial score (nSPS) is 15.8. The number of hydrogen-bond donors (Lipinski definition) is 1. The number of anilines is 2. The predicted molar refractivity (Wildman–Crippen MR) is 87.3 cm³/mol. The van der Waals surface area contributed by atoms with Gasteiger partial charge < -0.3 is 14.9 Å². The number of rotatable bonds is 3. The van der Waals surface area contributed by atoms with Crippen LogP contribution in [0, 0.1) is 5.82 Å². The molecular formula is C16H20FN5O2. The molecule has 0 bridgehead atoms. The number of aliphatic hydroxyl groups excluding tert-OH is 1. The minimum atomic E-state index is -0.732. The summed E-state index contributed by atoms with van der Waals surface area (Å²) < 4.78 is 15.0. The highest BCUT2D eigenvalue weighted by molar-refractivity contribution is 5.97. The van der Waals surface area contributed by atoms with Crippen molar-refractivity contribution in [1.29, 1.82) is 0 Å². The van der Waals surface area contributed by atoms with Crippen molar-refractivity contribution in [3.63, 3.8) is 0 Å². The molecule has 128 valence electrons. The van der Waals surface area contributed by atoms with Gasteiger partial charge in [0, 0.05) is 20.1 Å². The van der Waals surface area contributed by atoms with Crippen molar-refractivity contribution in [3.05, 3.63) is 35.9 Å². The number of fused-ring (bicyclic) bond motifs is 1. The first-order valence-electron chi connectivity index (χ1n) is 7.85. The van der Waals surface area contributed by atoms with Gasteiger partial charge in [0.15, 0.2) is 0 Å². The van der Waals surface area contributed by atoms with Crippen LogP contribution in [0.1, 0.15) is 25.1 Å². The molecule has 0 spiro atoms. The van der Waals surface area contributed by atoms with E-state index in [1.54, 1.807) is 24.1 Å². The second kappa shape index (κ2) is 6.56. The standard InChI is InChI=1S/C16H20FN5O2/c1-11(23)13-9-21(19-18-13)10-16(24)22-7-3-6-20(2)15-8-12(17)4-5-14(15)22/h4-5,8-9,11,23H,3,6-7,10H2,1-2H3. The average Bonchev–Trinajstić information content (AvgIpc) is 2.94. The largest absolute Gasteiger partial charge is 0.387 e. The van der Waals surface area contributed by atoms with E-state index >= 15 is 0 Å². The quantitative estimate of drug-likeness (QED) is 0.918. The van der Waals surface area contributed by atoms with Gasteiger partial charge in [-0.05, 0) is 31.5 Å². The van der Waals surface area contributed by atoms with Crippen LogP contribution in [0.4, 0.5) is 15.8 Å². The molecular weight excluding hydrogens is 313 g/mol. The Morgan fingerprint density at radius 3 is 2.88 bits per heavy atom. The zero-order valence-corrected chi connectivity index (χ0v) is 13.7. The van der Waals surface area contributed by atoms with Crippen molar-refractivity contribution in [3.8, 4) is 0 Å². The SMILES string of the molecule is CC(O)c1cn(CC(=O)N2CCCN(C)c3cc(F)ccc32)nn1. The van der Waals surface area contributed by atoms with Crippen LogP contribution in [0.2, 0.25) is 0 Å². The molecule has 24 heavy (non-hydrogen) atoms. The molecule has 2 heterocycles. The van der Waals surface area contributed by atoms with Crippen molar-refractivity contribution < 1.29 is 14.3 Å². The van der Waals surface area contributed by atoms with E-state index in [-0.39, 0.29) is 18.3 Å². The summed E-state index contributed by atoms with van der Waals surface area (Å²) in [5.74, 6) is -0.479. The molecule has 0 saturated carbocycles. The van der Waals surface area contributed by atoms with Crippen LogP contribution in [0.3, 0.4) is 0 Å². The van der Waals surface area contributed by atoms with Crippen molar-refractivity contribution in [1.82, 2.24) is 15.0 Å². The van der Waals surface area contributed by atoms with Gasteiger partial charge in [-0.3, -0.25) is 4.79 Å². The first-order valence-corrected chi connectivity index (χ1v) is 7.85. The highest BCUT2D eigenvalue weighted by atomic mass is 19.1. The van der Waals surface area contributed by atoms with Crippen molar-refractivity contribution in [2.45, 2.75) is 26.0 Å². The Morgan fingerprint density at radius 1 is 1.38 bits per heavy atom. The maximum atomic E-state index is 13.6. The van der Waals surface area contributed by atoms with Gasteiger partial charge in [-0.15, -0.1) is 5.10 Å². The Kier molecular flexibility index (Phi) is 4.48. The Bertz CT molecular complexity index is 746. The molecule has 1 atom stereocenters. The molecule has 2 aromatic rings. The van der Waals surface area contributed by atoms with Gasteiger partial charge in [-0.2, -0.15) is 0 Å². The van der Waals surface area contributed by atoms with Gasteiger partial charge in [-0.25, -0.2) is 9.07 Å². The van der Waals surface area contributed by atoms with Crippen LogP contribution < -0.4 is 9.80 Å². The first-order chi connectivity index (χ1) is 11.5. The lowest BCUT2D eigenvalue weighted by Crippen LogP contribution is -2.34. The maximum absolute atomic E-state index is 13.6. The van der Waals surface area contributed by atoms with E-state index in [2.05, 4.69) is 10.3 Å². The Morgan fingerprint density at radius 2 is 2.17 bits per heavy atom. The van der Waals surface area contributed by atoms with E-state index in [1.165, 1.54) is 16.8 Å². The Labute approximate surface area is 139 Å². The average molecular weight is 333 g/mol. The molecule has 1 aromatic carbocycles. The highest BCUT2D eigenvalue weighted by Crippen LogP contribution is 2.32. The van der Waals surface area contributed by atoms with E-state index < -0.39 is 6.10 Å². The van der Waals surface area contributed by atoms with Crippen LogP contribution in [0.25, 0.3) is 0 Å². The number of hydrogen-bond acceptors (Lipinski definition) is 5. The van der Waals surface area contributed by atoms with E-state index in [9.17, 15) is 14.3 Å². The minimum absolute atomic E-state index is 0.0141. The van der Waals surface area contributed by atoms with Gasteiger partial charge in [-0.1, -0.05) is 5.21 Å².